The van der Waals surface area contributed by atoms with Crippen LogP contribution in [0.1, 0.15) is 47.1 Å². The van der Waals surface area contributed by atoms with Gasteiger partial charge in [0.2, 0.25) is 0 Å². The Kier molecular flexibility index (Phi) is 4.06. The van der Waals surface area contributed by atoms with Crippen LogP contribution in [0.4, 0.5) is 0 Å². The highest BCUT2D eigenvalue weighted by Crippen LogP contribution is 2.29. The summed E-state index contributed by atoms with van der Waals surface area (Å²) in [7, 11) is 0. The molecule has 0 spiro atoms. The number of aromatic nitrogens is 1. The Balaban J connectivity index is 2.76. The number of rotatable bonds is 2. The van der Waals surface area contributed by atoms with Gasteiger partial charge in [-0.05, 0) is 28.5 Å². The Morgan fingerprint density at radius 3 is 2.25 bits per heavy atom. The molecule has 90 valence electrons. The summed E-state index contributed by atoms with van der Waals surface area (Å²) in [4.78, 5) is 4.42. The van der Waals surface area contributed by atoms with Gasteiger partial charge in [-0.3, -0.25) is 0 Å². The van der Waals surface area contributed by atoms with Gasteiger partial charge in [0.15, 0.2) is 0 Å². The van der Waals surface area contributed by atoms with Gasteiger partial charge in [-0.2, -0.15) is 0 Å². The molecule has 0 fully saturated rings. The third-order valence-electron chi connectivity index (χ3n) is 2.25. The minimum atomic E-state index is 0.208. The number of hydrogen-bond acceptors (Lipinski definition) is 2. The van der Waals surface area contributed by atoms with Gasteiger partial charge in [0.25, 0.3) is 0 Å². The van der Waals surface area contributed by atoms with Crippen LogP contribution in [0, 0.1) is 5.41 Å². The molecule has 0 atom stereocenters. The lowest BCUT2D eigenvalue weighted by Crippen LogP contribution is -2.12. The average molecular weight is 237 g/mol. The van der Waals surface area contributed by atoms with Crippen molar-refractivity contribution in [2.75, 3.05) is 5.75 Å². The molecule has 0 aliphatic rings. The van der Waals surface area contributed by atoms with Gasteiger partial charge >= 0.3 is 0 Å². The second kappa shape index (κ2) is 4.79. The van der Waals surface area contributed by atoms with E-state index >= 15 is 0 Å². The van der Waals surface area contributed by atoms with E-state index in [0.29, 0.717) is 5.41 Å². The highest BCUT2D eigenvalue weighted by molar-refractivity contribution is 7.99. The molecule has 1 aromatic rings. The van der Waals surface area contributed by atoms with Gasteiger partial charge in [0, 0.05) is 11.9 Å². The molecule has 0 bridgehead atoms. The minimum absolute atomic E-state index is 0.208. The van der Waals surface area contributed by atoms with Crippen LogP contribution in [-0.4, -0.2) is 10.7 Å². The van der Waals surface area contributed by atoms with Gasteiger partial charge in [-0.1, -0.05) is 41.5 Å². The summed E-state index contributed by atoms with van der Waals surface area (Å²) in [6.45, 7) is 13.5. The van der Waals surface area contributed by atoms with E-state index in [2.05, 4.69) is 58.7 Å². The Hall–Kier alpha value is -0.500. The zero-order valence-electron chi connectivity index (χ0n) is 11.3. The molecule has 0 N–H and O–H groups in total. The summed E-state index contributed by atoms with van der Waals surface area (Å²) in [5, 5.41) is 1.14. The molecular weight excluding hydrogens is 214 g/mol. The van der Waals surface area contributed by atoms with Crippen molar-refractivity contribution < 1.29 is 0 Å². The van der Waals surface area contributed by atoms with Crippen molar-refractivity contribution in [3.8, 4) is 0 Å². The van der Waals surface area contributed by atoms with Crippen LogP contribution in [0.5, 0.6) is 0 Å². The number of nitrogens with zero attached hydrogens (tertiary/aromatic N) is 1. The molecule has 0 aliphatic heterocycles. The van der Waals surface area contributed by atoms with Crippen molar-refractivity contribution in [1.82, 2.24) is 4.98 Å². The number of thioether (sulfide) groups is 1. The molecule has 0 saturated carbocycles. The lowest BCUT2D eigenvalue weighted by Gasteiger charge is -2.20. The van der Waals surface area contributed by atoms with Crippen LogP contribution in [0.2, 0.25) is 0 Å². The Labute approximate surface area is 104 Å². The maximum Gasteiger partial charge on any atom is 0.0962 e. The minimum Gasteiger partial charge on any atom is -0.250 e. The van der Waals surface area contributed by atoms with Crippen molar-refractivity contribution in [3.63, 3.8) is 0 Å². The standard InChI is InChI=1S/C14H23NS/c1-13(2,3)10-16-12-9-11(7-8-15-12)14(4,5)6/h7-9H,10H2,1-6H3. The molecule has 16 heavy (non-hydrogen) atoms. The molecule has 1 nitrogen and oxygen atoms in total. The molecule has 1 aromatic heterocycles. The highest BCUT2D eigenvalue weighted by atomic mass is 32.2. The van der Waals surface area contributed by atoms with Crippen molar-refractivity contribution in [1.29, 1.82) is 0 Å². The second-order valence-electron chi connectivity index (χ2n) is 6.48. The van der Waals surface area contributed by atoms with Crippen LogP contribution < -0.4 is 0 Å². The maximum absolute atomic E-state index is 4.42. The van der Waals surface area contributed by atoms with Gasteiger partial charge in [-0.15, -0.1) is 11.8 Å². The fraction of sp³-hybridized carbons (Fsp3) is 0.643. The van der Waals surface area contributed by atoms with Crippen LogP contribution in [0.25, 0.3) is 0 Å². The fourth-order valence-electron chi connectivity index (χ4n) is 1.25. The summed E-state index contributed by atoms with van der Waals surface area (Å²) < 4.78 is 0. The van der Waals surface area contributed by atoms with E-state index in [1.807, 2.05) is 18.0 Å². The second-order valence-corrected chi connectivity index (χ2v) is 7.48. The van der Waals surface area contributed by atoms with Gasteiger partial charge in [-0.25, -0.2) is 4.98 Å². The molecule has 1 heterocycles. The summed E-state index contributed by atoms with van der Waals surface area (Å²) in [5.74, 6) is 1.10. The third kappa shape index (κ3) is 4.56. The van der Waals surface area contributed by atoms with E-state index in [4.69, 9.17) is 0 Å². The molecular formula is C14H23NS. The van der Waals surface area contributed by atoms with Crippen molar-refractivity contribution in [3.05, 3.63) is 23.9 Å². The number of hydrogen-bond donors (Lipinski definition) is 0. The molecule has 0 saturated heterocycles. The Morgan fingerprint density at radius 1 is 1.12 bits per heavy atom. The first-order valence-corrected chi connectivity index (χ1v) is 6.76. The molecule has 0 aliphatic carbocycles. The van der Waals surface area contributed by atoms with Gasteiger partial charge in [0.1, 0.15) is 0 Å². The van der Waals surface area contributed by atoms with Crippen molar-refractivity contribution in [2.45, 2.75) is 52.0 Å². The lowest BCUT2D eigenvalue weighted by atomic mass is 9.88. The SMILES string of the molecule is CC(C)(C)CSc1cc(C(C)(C)C)ccn1. The molecule has 2 heteroatoms. The van der Waals surface area contributed by atoms with Crippen molar-refractivity contribution in [2.24, 2.45) is 5.41 Å². The van der Waals surface area contributed by atoms with E-state index in [0.717, 1.165) is 10.8 Å². The van der Waals surface area contributed by atoms with Crippen LogP contribution >= 0.6 is 11.8 Å². The predicted octanol–water partition coefficient (Wildman–Crippen LogP) is 4.52. The van der Waals surface area contributed by atoms with E-state index in [1.54, 1.807) is 0 Å². The predicted molar refractivity (Wildman–Crippen MR) is 73.1 cm³/mol. The monoisotopic (exact) mass is 237 g/mol. The topological polar surface area (TPSA) is 12.9 Å². The number of pyridine rings is 1. The van der Waals surface area contributed by atoms with Crippen molar-refractivity contribution >= 4 is 11.8 Å². The molecule has 1 rings (SSSR count). The third-order valence-corrected chi connectivity index (χ3v) is 3.78. The molecule has 0 unspecified atom stereocenters. The van der Waals surface area contributed by atoms with E-state index < -0.39 is 0 Å². The average Bonchev–Trinajstić information content (AvgIpc) is 2.13. The fourth-order valence-corrected chi connectivity index (χ4v) is 2.17. The molecule has 0 amide bonds. The summed E-state index contributed by atoms with van der Waals surface area (Å²) >= 11 is 1.85. The first kappa shape index (κ1) is 13.6. The first-order valence-electron chi connectivity index (χ1n) is 5.78. The largest absolute Gasteiger partial charge is 0.250 e. The zero-order chi connectivity index (χ0) is 12.4. The van der Waals surface area contributed by atoms with Crippen LogP contribution in [0.15, 0.2) is 23.4 Å². The highest BCUT2D eigenvalue weighted by Gasteiger charge is 2.15. The zero-order valence-corrected chi connectivity index (χ0v) is 12.1. The van der Waals surface area contributed by atoms with Crippen LogP contribution in [0.3, 0.4) is 0 Å². The van der Waals surface area contributed by atoms with Gasteiger partial charge < -0.3 is 0 Å². The van der Waals surface area contributed by atoms with E-state index in [-0.39, 0.29) is 5.41 Å². The Morgan fingerprint density at radius 2 is 1.75 bits per heavy atom. The summed E-state index contributed by atoms with van der Waals surface area (Å²) in [6.07, 6.45) is 1.92. The molecule has 0 radical (unpaired) electrons. The van der Waals surface area contributed by atoms with Gasteiger partial charge in [0.05, 0.1) is 5.03 Å². The summed E-state index contributed by atoms with van der Waals surface area (Å²) in [5.41, 5.74) is 1.92. The van der Waals surface area contributed by atoms with Crippen LogP contribution in [-0.2, 0) is 5.41 Å². The lowest BCUT2D eigenvalue weighted by molar-refractivity contribution is 0.480. The first-order chi connectivity index (χ1) is 7.18. The summed E-state index contributed by atoms with van der Waals surface area (Å²) in [6, 6.07) is 4.33. The van der Waals surface area contributed by atoms with E-state index in [9.17, 15) is 0 Å². The maximum atomic E-state index is 4.42. The molecule has 0 aromatic carbocycles. The smallest absolute Gasteiger partial charge is 0.0962 e. The normalized spacial score (nSPS) is 12.9. The quantitative estimate of drug-likeness (QED) is 0.702. The Bertz CT molecular complexity index is 344. The van der Waals surface area contributed by atoms with E-state index in [1.165, 1.54) is 5.56 Å².